The second-order valence-corrected chi connectivity index (χ2v) is 8.59. The van der Waals surface area contributed by atoms with Crippen molar-refractivity contribution in [2.45, 2.75) is 33.1 Å². The molecule has 1 aliphatic carbocycles. The van der Waals surface area contributed by atoms with Gasteiger partial charge in [-0.25, -0.2) is 9.18 Å². The van der Waals surface area contributed by atoms with Crippen LogP contribution in [0, 0.1) is 24.6 Å². The smallest absolute Gasteiger partial charge is 0.341 e. The lowest BCUT2D eigenvalue weighted by Crippen LogP contribution is -2.34. The van der Waals surface area contributed by atoms with Crippen LogP contribution in [0.15, 0.2) is 36.4 Å². The molecular formula is C23H24FNO5S. The Balaban J connectivity index is 1.99. The SMILES string of the molecule is CCCOC(=O)c1c(NC(=O)[C@H]2CC=CC[C@H]2C(=O)O)sc(C)c1-c1ccc(F)cc1. The number of aryl methyl sites for hydroxylation is 1. The van der Waals surface area contributed by atoms with E-state index in [2.05, 4.69) is 5.32 Å². The van der Waals surface area contributed by atoms with Crippen LogP contribution in [-0.2, 0) is 14.3 Å². The molecule has 0 unspecified atom stereocenters. The quantitative estimate of drug-likeness (QED) is 0.460. The Morgan fingerprint density at radius 2 is 1.81 bits per heavy atom. The molecule has 0 saturated carbocycles. The maximum Gasteiger partial charge on any atom is 0.341 e. The zero-order valence-corrected chi connectivity index (χ0v) is 18.1. The van der Waals surface area contributed by atoms with Crippen molar-refractivity contribution in [3.63, 3.8) is 0 Å². The number of benzene rings is 1. The molecule has 2 N–H and O–H groups in total. The van der Waals surface area contributed by atoms with Gasteiger partial charge in [0.2, 0.25) is 5.91 Å². The number of hydrogen-bond donors (Lipinski definition) is 2. The van der Waals surface area contributed by atoms with Gasteiger partial charge in [0.1, 0.15) is 16.4 Å². The first-order chi connectivity index (χ1) is 14.8. The fraction of sp³-hybridized carbons (Fsp3) is 0.348. The number of allylic oxidation sites excluding steroid dienone is 2. The number of carboxylic acids is 1. The highest BCUT2D eigenvalue weighted by Gasteiger charge is 2.35. The Bertz CT molecular complexity index is 1010. The minimum absolute atomic E-state index is 0.203. The summed E-state index contributed by atoms with van der Waals surface area (Å²) in [7, 11) is 0. The van der Waals surface area contributed by atoms with Gasteiger partial charge in [0.15, 0.2) is 0 Å². The van der Waals surface area contributed by atoms with E-state index in [1.165, 1.54) is 23.5 Å². The van der Waals surface area contributed by atoms with E-state index < -0.39 is 35.5 Å². The summed E-state index contributed by atoms with van der Waals surface area (Å²) in [5.41, 5.74) is 1.40. The number of nitrogens with one attached hydrogen (secondary N) is 1. The van der Waals surface area contributed by atoms with E-state index in [-0.39, 0.29) is 18.6 Å². The Kier molecular flexibility index (Phi) is 7.22. The molecule has 0 bridgehead atoms. The van der Waals surface area contributed by atoms with Crippen molar-refractivity contribution in [2.75, 3.05) is 11.9 Å². The van der Waals surface area contributed by atoms with E-state index in [1.54, 1.807) is 31.2 Å². The van der Waals surface area contributed by atoms with Gasteiger partial charge in [0, 0.05) is 10.4 Å². The zero-order valence-electron chi connectivity index (χ0n) is 17.3. The second kappa shape index (κ2) is 9.87. The molecule has 0 saturated heterocycles. The highest BCUT2D eigenvalue weighted by molar-refractivity contribution is 7.17. The molecule has 0 radical (unpaired) electrons. The van der Waals surface area contributed by atoms with Crippen LogP contribution in [0.5, 0.6) is 0 Å². The molecule has 3 rings (SSSR count). The van der Waals surface area contributed by atoms with Crippen molar-refractivity contribution in [3.8, 4) is 11.1 Å². The number of hydrogen-bond acceptors (Lipinski definition) is 5. The molecule has 2 aromatic rings. The van der Waals surface area contributed by atoms with Crippen LogP contribution in [0.2, 0.25) is 0 Å². The lowest BCUT2D eigenvalue weighted by atomic mass is 9.82. The third kappa shape index (κ3) is 5.02. The second-order valence-electron chi connectivity index (χ2n) is 7.36. The number of anilines is 1. The van der Waals surface area contributed by atoms with E-state index >= 15 is 0 Å². The maximum atomic E-state index is 13.4. The van der Waals surface area contributed by atoms with Crippen LogP contribution in [0.25, 0.3) is 11.1 Å². The Labute approximate surface area is 183 Å². The van der Waals surface area contributed by atoms with Crippen molar-refractivity contribution in [2.24, 2.45) is 11.8 Å². The van der Waals surface area contributed by atoms with Crippen LogP contribution in [0.1, 0.15) is 41.4 Å². The largest absolute Gasteiger partial charge is 0.481 e. The molecule has 1 aromatic carbocycles. The molecule has 2 atom stereocenters. The minimum atomic E-state index is -1.03. The molecule has 1 heterocycles. The minimum Gasteiger partial charge on any atom is -0.481 e. The van der Waals surface area contributed by atoms with Gasteiger partial charge in [-0.2, -0.15) is 0 Å². The van der Waals surface area contributed by atoms with Gasteiger partial charge < -0.3 is 15.2 Å². The molecule has 1 amide bonds. The Morgan fingerprint density at radius 1 is 1.16 bits per heavy atom. The van der Waals surface area contributed by atoms with Crippen LogP contribution in [0.3, 0.4) is 0 Å². The lowest BCUT2D eigenvalue weighted by Gasteiger charge is -2.24. The van der Waals surface area contributed by atoms with Crippen LogP contribution in [0.4, 0.5) is 9.39 Å². The van der Waals surface area contributed by atoms with Crippen LogP contribution < -0.4 is 5.32 Å². The molecule has 1 aromatic heterocycles. The predicted octanol–water partition coefficient (Wildman–Crippen LogP) is 5.03. The molecule has 164 valence electrons. The maximum absolute atomic E-state index is 13.4. The van der Waals surface area contributed by atoms with Gasteiger partial charge in [-0.3, -0.25) is 9.59 Å². The number of rotatable bonds is 7. The number of carbonyl (C=O) groups is 3. The molecule has 0 fully saturated rings. The summed E-state index contributed by atoms with van der Waals surface area (Å²) in [6.07, 6.45) is 4.79. The molecule has 0 aliphatic heterocycles. The third-order valence-corrected chi connectivity index (χ3v) is 6.20. The third-order valence-electron chi connectivity index (χ3n) is 5.18. The average molecular weight is 446 g/mol. The van der Waals surface area contributed by atoms with Crippen molar-refractivity contribution in [1.29, 1.82) is 0 Å². The fourth-order valence-corrected chi connectivity index (χ4v) is 4.71. The fourth-order valence-electron chi connectivity index (χ4n) is 3.64. The van der Waals surface area contributed by atoms with Gasteiger partial charge in [-0.05, 0) is 43.9 Å². The number of halogens is 1. The number of carboxylic acid groups (broad SMARTS) is 1. The first-order valence-electron chi connectivity index (χ1n) is 10.1. The van der Waals surface area contributed by atoms with E-state index in [0.717, 1.165) is 4.88 Å². The van der Waals surface area contributed by atoms with E-state index in [0.29, 0.717) is 29.0 Å². The molecule has 8 heteroatoms. The molecule has 1 aliphatic rings. The lowest BCUT2D eigenvalue weighted by molar-refractivity contribution is -0.146. The molecule has 31 heavy (non-hydrogen) atoms. The summed E-state index contributed by atoms with van der Waals surface area (Å²) < 4.78 is 18.8. The highest BCUT2D eigenvalue weighted by Crippen LogP contribution is 2.41. The van der Waals surface area contributed by atoms with Gasteiger partial charge >= 0.3 is 11.9 Å². The van der Waals surface area contributed by atoms with Crippen LogP contribution >= 0.6 is 11.3 Å². The number of thiophene rings is 1. The first-order valence-corrected chi connectivity index (χ1v) is 10.9. The van der Waals surface area contributed by atoms with Gasteiger partial charge in [-0.1, -0.05) is 31.2 Å². The summed E-state index contributed by atoms with van der Waals surface area (Å²) in [5, 5.41) is 12.5. The average Bonchev–Trinajstić information content (AvgIpc) is 3.08. The number of ether oxygens (including phenoxy) is 1. The first kappa shape index (κ1) is 22.7. The summed E-state index contributed by atoms with van der Waals surface area (Å²) >= 11 is 1.21. The van der Waals surface area contributed by atoms with Crippen molar-refractivity contribution >= 4 is 34.2 Å². The van der Waals surface area contributed by atoms with Gasteiger partial charge in [0.05, 0.1) is 18.4 Å². The van der Waals surface area contributed by atoms with Gasteiger partial charge in [-0.15, -0.1) is 11.3 Å². The van der Waals surface area contributed by atoms with Crippen molar-refractivity contribution in [1.82, 2.24) is 0 Å². The number of carbonyl (C=O) groups excluding carboxylic acids is 2. The Hall–Kier alpha value is -3.00. The molecule has 6 nitrogen and oxygen atoms in total. The normalized spacial score (nSPS) is 17.9. The summed E-state index contributed by atoms with van der Waals surface area (Å²) in [6, 6.07) is 5.74. The van der Waals surface area contributed by atoms with E-state index in [1.807, 2.05) is 6.92 Å². The summed E-state index contributed by atoms with van der Waals surface area (Å²) in [4.78, 5) is 38.2. The number of aliphatic carboxylic acids is 1. The molecule has 0 spiro atoms. The van der Waals surface area contributed by atoms with E-state index in [4.69, 9.17) is 4.74 Å². The number of amides is 1. The highest BCUT2D eigenvalue weighted by atomic mass is 32.1. The summed E-state index contributed by atoms with van der Waals surface area (Å²) in [6.45, 7) is 3.90. The van der Waals surface area contributed by atoms with Crippen molar-refractivity contribution in [3.05, 3.63) is 52.7 Å². The number of esters is 1. The van der Waals surface area contributed by atoms with Gasteiger partial charge in [0.25, 0.3) is 0 Å². The Morgan fingerprint density at radius 3 is 2.42 bits per heavy atom. The van der Waals surface area contributed by atoms with Crippen molar-refractivity contribution < 1.29 is 28.6 Å². The standard InChI is InChI=1S/C23H24FNO5S/c1-3-12-30-23(29)19-18(14-8-10-15(24)11-9-14)13(2)31-21(19)25-20(26)16-6-4-5-7-17(16)22(27)28/h4-5,8-11,16-17H,3,6-7,12H2,1-2H3,(H,25,26)(H,27,28)/t16-,17+/m0/s1. The summed E-state index contributed by atoms with van der Waals surface area (Å²) in [5.74, 6) is -4.02. The topological polar surface area (TPSA) is 92.7 Å². The predicted molar refractivity (Wildman–Crippen MR) is 117 cm³/mol. The van der Waals surface area contributed by atoms with Crippen LogP contribution in [-0.4, -0.2) is 29.6 Å². The van der Waals surface area contributed by atoms with E-state index in [9.17, 15) is 23.9 Å². The zero-order chi connectivity index (χ0) is 22.5. The molecular weight excluding hydrogens is 421 g/mol. The monoisotopic (exact) mass is 445 g/mol.